The molecule has 3 rings (SSSR count). The maximum atomic E-state index is 13.3. The van der Waals surface area contributed by atoms with Crippen LogP contribution in [0.3, 0.4) is 0 Å². The van der Waals surface area contributed by atoms with Crippen LogP contribution in [0, 0.1) is 5.82 Å². The number of benzene rings is 1. The molecule has 0 fully saturated rings. The quantitative estimate of drug-likeness (QED) is 0.742. The summed E-state index contributed by atoms with van der Waals surface area (Å²) in [5, 5.41) is 16.3. The van der Waals surface area contributed by atoms with Gasteiger partial charge in [0.2, 0.25) is 0 Å². The van der Waals surface area contributed by atoms with E-state index in [0.717, 1.165) is 15.4 Å². The molecule has 0 saturated carbocycles. The lowest BCUT2D eigenvalue weighted by Gasteiger charge is -2.06. The van der Waals surface area contributed by atoms with Gasteiger partial charge in [-0.25, -0.2) is 9.37 Å². The number of thiazole rings is 1. The first-order valence-electron chi connectivity index (χ1n) is 6.83. The van der Waals surface area contributed by atoms with E-state index in [1.54, 1.807) is 22.8 Å². The minimum atomic E-state index is -0.456. The minimum Gasteiger partial charge on any atom is -0.392 e. The summed E-state index contributed by atoms with van der Waals surface area (Å²) in [6, 6.07) is 8.29. The molecule has 7 heteroatoms. The molecule has 1 aromatic carbocycles. The zero-order chi connectivity index (χ0) is 16.2. The summed E-state index contributed by atoms with van der Waals surface area (Å²) in [4.78, 5) is 17.5. The number of rotatable bonds is 5. The van der Waals surface area contributed by atoms with E-state index in [9.17, 15) is 9.18 Å². The van der Waals surface area contributed by atoms with Crippen molar-refractivity contribution >= 4 is 28.6 Å². The van der Waals surface area contributed by atoms with E-state index in [4.69, 9.17) is 5.11 Å². The van der Waals surface area contributed by atoms with Gasteiger partial charge in [0.25, 0.3) is 5.91 Å². The summed E-state index contributed by atoms with van der Waals surface area (Å²) in [5.41, 5.74) is 1.30. The standard InChI is InChI=1S/C16H13FN2O2S2/c17-12-4-3-10(6-11(12)8-20)7-18-15(21)13-9-23-16(19-13)14-2-1-5-22-14/h1-6,9,20H,7-8H2,(H,18,21). The molecule has 0 aliphatic rings. The molecule has 0 bridgehead atoms. The summed E-state index contributed by atoms with van der Waals surface area (Å²) in [7, 11) is 0. The van der Waals surface area contributed by atoms with E-state index < -0.39 is 5.82 Å². The first kappa shape index (κ1) is 15.8. The number of thiophene rings is 1. The van der Waals surface area contributed by atoms with E-state index in [0.29, 0.717) is 5.69 Å². The fourth-order valence-electron chi connectivity index (χ4n) is 2.02. The molecule has 0 saturated heterocycles. The van der Waals surface area contributed by atoms with Crippen LogP contribution in [0.4, 0.5) is 4.39 Å². The third-order valence-corrected chi connectivity index (χ3v) is 5.08. The Morgan fingerprint density at radius 3 is 2.91 bits per heavy atom. The molecule has 0 unspecified atom stereocenters. The molecular weight excluding hydrogens is 335 g/mol. The van der Waals surface area contributed by atoms with Gasteiger partial charge in [0.05, 0.1) is 11.5 Å². The van der Waals surface area contributed by atoms with Crippen molar-refractivity contribution in [1.82, 2.24) is 10.3 Å². The van der Waals surface area contributed by atoms with Crippen molar-refractivity contribution in [2.75, 3.05) is 0 Å². The minimum absolute atomic E-state index is 0.213. The summed E-state index contributed by atoms with van der Waals surface area (Å²) in [6.45, 7) is -0.123. The third kappa shape index (κ3) is 3.64. The number of halogens is 1. The molecule has 2 N–H and O–H groups in total. The Morgan fingerprint density at radius 2 is 2.17 bits per heavy atom. The van der Waals surface area contributed by atoms with Crippen LogP contribution in [0.2, 0.25) is 0 Å². The monoisotopic (exact) mass is 348 g/mol. The number of carbonyl (C=O) groups excluding carboxylic acids is 1. The second-order valence-corrected chi connectivity index (χ2v) is 6.59. The molecule has 118 valence electrons. The van der Waals surface area contributed by atoms with Gasteiger partial charge in [-0.05, 0) is 29.1 Å². The number of nitrogens with one attached hydrogen (secondary N) is 1. The average Bonchev–Trinajstić information content (AvgIpc) is 3.24. The van der Waals surface area contributed by atoms with Crippen LogP contribution < -0.4 is 5.32 Å². The van der Waals surface area contributed by atoms with Gasteiger partial charge in [0.1, 0.15) is 16.5 Å². The van der Waals surface area contributed by atoms with Crippen LogP contribution in [0.15, 0.2) is 41.1 Å². The molecule has 23 heavy (non-hydrogen) atoms. The Balaban J connectivity index is 1.66. The van der Waals surface area contributed by atoms with Crippen LogP contribution in [0.1, 0.15) is 21.6 Å². The number of hydrogen-bond acceptors (Lipinski definition) is 5. The maximum Gasteiger partial charge on any atom is 0.271 e. The zero-order valence-corrected chi connectivity index (χ0v) is 13.6. The summed E-state index contributed by atoms with van der Waals surface area (Å²) in [5.74, 6) is -0.735. The largest absolute Gasteiger partial charge is 0.392 e. The number of aromatic nitrogens is 1. The predicted molar refractivity (Wildman–Crippen MR) is 88.9 cm³/mol. The van der Waals surface area contributed by atoms with Gasteiger partial charge in [-0.2, -0.15) is 0 Å². The molecule has 0 radical (unpaired) electrons. The second kappa shape index (κ2) is 6.99. The van der Waals surface area contributed by atoms with Crippen LogP contribution in [0.5, 0.6) is 0 Å². The van der Waals surface area contributed by atoms with E-state index in [1.807, 2.05) is 17.5 Å². The van der Waals surface area contributed by atoms with Gasteiger partial charge in [0, 0.05) is 17.5 Å². The molecule has 1 amide bonds. The number of carbonyl (C=O) groups is 1. The van der Waals surface area contributed by atoms with Crippen LogP contribution >= 0.6 is 22.7 Å². The number of nitrogens with zero attached hydrogens (tertiary/aromatic N) is 1. The topological polar surface area (TPSA) is 62.2 Å². The van der Waals surface area contributed by atoms with E-state index in [-0.39, 0.29) is 24.6 Å². The predicted octanol–water partition coefficient (Wildman–Crippen LogP) is 3.43. The number of aliphatic hydroxyl groups excluding tert-OH is 1. The molecule has 0 aliphatic heterocycles. The van der Waals surface area contributed by atoms with Gasteiger partial charge < -0.3 is 10.4 Å². The van der Waals surface area contributed by atoms with Crippen molar-refractivity contribution in [2.45, 2.75) is 13.2 Å². The number of amides is 1. The first-order valence-corrected chi connectivity index (χ1v) is 8.59. The van der Waals surface area contributed by atoms with E-state index in [1.165, 1.54) is 23.5 Å². The van der Waals surface area contributed by atoms with Gasteiger partial charge in [-0.3, -0.25) is 4.79 Å². The summed E-state index contributed by atoms with van der Waals surface area (Å²) < 4.78 is 13.3. The lowest BCUT2D eigenvalue weighted by atomic mass is 10.1. The Morgan fingerprint density at radius 1 is 1.30 bits per heavy atom. The third-order valence-electron chi connectivity index (χ3n) is 3.20. The van der Waals surface area contributed by atoms with Crippen LogP contribution in [-0.2, 0) is 13.2 Å². The fraction of sp³-hybridized carbons (Fsp3) is 0.125. The maximum absolute atomic E-state index is 13.3. The van der Waals surface area contributed by atoms with Crippen LogP contribution in [-0.4, -0.2) is 16.0 Å². The molecule has 4 nitrogen and oxygen atoms in total. The normalized spacial score (nSPS) is 10.7. The molecule has 3 aromatic rings. The van der Waals surface area contributed by atoms with Gasteiger partial charge in [0.15, 0.2) is 0 Å². The first-order chi connectivity index (χ1) is 11.2. The molecule has 2 heterocycles. The number of hydrogen-bond donors (Lipinski definition) is 2. The second-order valence-electron chi connectivity index (χ2n) is 4.78. The summed E-state index contributed by atoms with van der Waals surface area (Å²) in [6.07, 6.45) is 0. The lowest BCUT2D eigenvalue weighted by molar-refractivity contribution is 0.0946. The Kier molecular flexibility index (Phi) is 4.80. The SMILES string of the molecule is O=C(NCc1ccc(F)c(CO)c1)c1csc(-c2cccs2)n1. The Bertz CT molecular complexity index is 815. The van der Waals surface area contributed by atoms with Crippen molar-refractivity contribution in [1.29, 1.82) is 0 Å². The lowest BCUT2D eigenvalue weighted by Crippen LogP contribution is -2.23. The zero-order valence-electron chi connectivity index (χ0n) is 12.0. The molecule has 0 spiro atoms. The van der Waals surface area contributed by atoms with Crippen molar-refractivity contribution in [2.24, 2.45) is 0 Å². The van der Waals surface area contributed by atoms with Gasteiger partial charge >= 0.3 is 0 Å². The highest BCUT2D eigenvalue weighted by Gasteiger charge is 2.12. The van der Waals surface area contributed by atoms with Crippen molar-refractivity contribution in [3.05, 3.63) is 63.7 Å². The smallest absolute Gasteiger partial charge is 0.271 e. The highest BCUT2D eigenvalue weighted by molar-refractivity contribution is 7.20. The highest BCUT2D eigenvalue weighted by Crippen LogP contribution is 2.27. The van der Waals surface area contributed by atoms with Crippen molar-refractivity contribution in [3.8, 4) is 9.88 Å². The van der Waals surface area contributed by atoms with Gasteiger partial charge in [-0.15, -0.1) is 22.7 Å². The van der Waals surface area contributed by atoms with Crippen molar-refractivity contribution < 1.29 is 14.3 Å². The van der Waals surface area contributed by atoms with Crippen molar-refractivity contribution in [3.63, 3.8) is 0 Å². The molecule has 0 atom stereocenters. The van der Waals surface area contributed by atoms with Gasteiger partial charge in [-0.1, -0.05) is 12.1 Å². The average molecular weight is 348 g/mol. The van der Waals surface area contributed by atoms with E-state index >= 15 is 0 Å². The summed E-state index contributed by atoms with van der Waals surface area (Å²) >= 11 is 2.99. The Labute approximate surface area is 140 Å². The van der Waals surface area contributed by atoms with Crippen LogP contribution in [0.25, 0.3) is 9.88 Å². The molecule has 0 aliphatic carbocycles. The number of aliphatic hydroxyl groups is 1. The van der Waals surface area contributed by atoms with E-state index in [2.05, 4.69) is 10.3 Å². The highest BCUT2D eigenvalue weighted by atomic mass is 32.1. The molecular formula is C16H13FN2O2S2. The molecule has 2 aromatic heterocycles. The Hall–Kier alpha value is -2.09. The fourth-order valence-corrected chi connectivity index (χ4v) is 3.64.